The van der Waals surface area contributed by atoms with E-state index in [1.165, 1.54) is 5.56 Å². The molecule has 5 nitrogen and oxygen atoms in total. The summed E-state index contributed by atoms with van der Waals surface area (Å²) in [6.45, 7) is 6.13. The molecule has 4 N–H and O–H groups in total. The Hall–Kier alpha value is -2.37. The van der Waals surface area contributed by atoms with Crippen LogP contribution in [0.25, 0.3) is 0 Å². The van der Waals surface area contributed by atoms with Crippen molar-refractivity contribution in [2.75, 3.05) is 0 Å². The smallest absolute Gasteiger partial charge is 0.251 e. The third-order valence-electron chi connectivity index (χ3n) is 3.80. The summed E-state index contributed by atoms with van der Waals surface area (Å²) in [4.78, 5) is 24.1. The van der Waals surface area contributed by atoms with Gasteiger partial charge in [-0.2, -0.15) is 0 Å². The number of hydrogen-bond acceptors (Lipinski definition) is 3. The lowest BCUT2D eigenvalue weighted by molar-refractivity contribution is -0.125. The number of carbonyl (C=O) groups is 2. The molecule has 0 heterocycles. The first-order valence-electron chi connectivity index (χ1n) is 8.25. The van der Waals surface area contributed by atoms with E-state index in [4.69, 9.17) is 5.73 Å². The molecule has 0 unspecified atom stereocenters. The second kappa shape index (κ2) is 9.36. The maximum atomic E-state index is 12.3. The van der Waals surface area contributed by atoms with Crippen molar-refractivity contribution >= 4 is 24.2 Å². The van der Waals surface area contributed by atoms with Crippen molar-refractivity contribution in [1.82, 2.24) is 10.6 Å². The van der Waals surface area contributed by atoms with Crippen LogP contribution < -0.4 is 16.4 Å². The van der Waals surface area contributed by atoms with Gasteiger partial charge in [0.15, 0.2) is 0 Å². The fourth-order valence-electron chi connectivity index (χ4n) is 2.22. The van der Waals surface area contributed by atoms with E-state index < -0.39 is 5.54 Å². The maximum Gasteiger partial charge on any atom is 0.251 e. The second-order valence-electron chi connectivity index (χ2n) is 6.77. The molecule has 6 heteroatoms. The van der Waals surface area contributed by atoms with Gasteiger partial charge in [-0.15, -0.1) is 12.4 Å². The normalized spacial score (nSPS) is 10.6. The summed E-state index contributed by atoms with van der Waals surface area (Å²) in [7, 11) is 0. The minimum atomic E-state index is -0.928. The van der Waals surface area contributed by atoms with E-state index >= 15 is 0 Å². The van der Waals surface area contributed by atoms with E-state index in [-0.39, 0.29) is 24.2 Å². The second-order valence-corrected chi connectivity index (χ2v) is 6.77. The van der Waals surface area contributed by atoms with Crippen molar-refractivity contribution in [3.8, 4) is 0 Å². The Balaban J connectivity index is 0.00000338. The average Bonchev–Trinajstić information content (AvgIpc) is 2.58. The molecule has 0 saturated carbocycles. The van der Waals surface area contributed by atoms with Gasteiger partial charge in [0.25, 0.3) is 5.91 Å². The Labute approximate surface area is 160 Å². The lowest BCUT2D eigenvalue weighted by atomic mass is 10.1. The first kappa shape index (κ1) is 21.7. The molecule has 0 aromatic heterocycles. The molecular formula is C20H26ClN3O2. The van der Waals surface area contributed by atoms with Crippen LogP contribution in [0, 0.1) is 6.92 Å². The van der Waals surface area contributed by atoms with Gasteiger partial charge in [-0.1, -0.05) is 42.0 Å². The van der Waals surface area contributed by atoms with Crippen LogP contribution in [0.3, 0.4) is 0 Å². The summed E-state index contributed by atoms with van der Waals surface area (Å²) in [5.74, 6) is -0.380. The van der Waals surface area contributed by atoms with Gasteiger partial charge in [0.1, 0.15) is 0 Å². The lowest BCUT2D eigenvalue weighted by Gasteiger charge is -2.17. The Morgan fingerprint density at radius 2 is 1.58 bits per heavy atom. The number of halogens is 1. The van der Waals surface area contributed by atoms with Crippen molar-refractivity contribution in [2.45, 2.75) is 39.4 Å². The Bertz CT molecular complexity index is 752. The number of nitrogens with two attached hydrogens (primary N) is 1. The molecule has 0 aliphatic carbocycles. The number of hydrogen-bond donors (Lipinski definition) is 3. The van der Waals surface area contributed by atoms with Crippen molar-refractivity contribution in [2.24, 2.45) is 5.73 Å². The largest absolute Gasteiger partial charge is 0.350 e. The van der Waals surface area contributed by atoms with Crippen LogP contribution in [0.2, 0.25) is 0 Å². The van der Waals surface area contributed by atoms with Crippen LogP contribution in [0.15, 0.2) is 48.5 Å². The molecule has 26 heavy (non-hydrogen) atoms. The highest BCUT2D eigenvalue weighted by atomic mass is 35.5. The molecule has 0 aliphatic rings. The zero-order valence-electron chi connectivity index (χ0n) is 15.3. The molecule has 0 saturated heterocycles. The molecule has 0 fully saturated rings. The summed E-state index contributed by atoms with van der Waals surface area (Å²) < 4.78 is 0. The summed E-state index contributed by atoms with van der Waals surface area (Å²) >= 11 is 0. The Morgan fingerprint density at radius 1 is 0.962 bits per heavy atom. The van der Waals surface area contributed by atoms with E-state index in [2.05, 4.69) is 10.6 Å². The zero-order valence-corrected chi connectivity index (χ0v) is 16.2. The third kappa shape index (κ3) is 6.50. The van der Waals surface area contributed by atoms with E-state index in [1.54, 1.807) is 32.0 Å². The van der Waals surface area contributed by atoms with Crippen molar-refractivity contribution in [1.29, 1.82) is 0 Å². The first-order valence-corrected chi connectivity index (χ1v) is 8.25. The molecule has 0 radical (unpaired) electrons. The van der Waals surface area contributed by atoms with Crippen LogP contribution in [-0.4, -0.2) is 17.4 Å². The van der Waals surface area contributed by atoms with E-state index in [0.717, 1.165) is 11.1 Å². The van der Waals surface area contributed by atoms with Crippen LogP contribution in [0.1, 0.15) is 40.9 Å². The van der Waals surface area contributed by atoms with Gasteiger partial charge in [-0.3, -0.25) is 9.59 Å². The predicted octanol–water partition coefficient (Wildman–Crippen LogP) is 2.70. The first-order chi connectivity index (χ1) is 11.8. The van der Waals surface area contributed by atoms with Crippen LogP contribution in [-0.2, 0) is 17.9 Å². The summed E-state index contributed by atoms with van der Waals surface area (Å²) in [5, 5.41) is 5.68. The van der Waals surface area contributed by atoms with Gasteiger partial charge in [0, 0.05) is 18.7 Å². The topological polar surface area (TPSA) is 84.2 Å². The highest BCUT2D eigenvalue weighted by Gasteiger charge is 2.21. The molecule has 2 aromatic carbocycles. The zero-order chi connectivity index (χ0) is 18.4. The highest BCUT2D eigenvalue weighted by molar-refractivity contribution is 5.94. The molecular weight excluding hydrogens is 350 g/mol. The van der Waals surface area contributed by atoms with Crippen molar-refractivity contribution in [3.05, 3.63) is 70.8 Å². The summed E-state index contributed by atoms with van der Waals surface area (Å²) in [6.07, 6.45) is 0. The molecule has 2 aromatic rings. The molecule has 0 bridgehead atoms. The number of carbonyl (C=O) groups excluding carboxylic acids is 2. The number of nitrogens with one attached hydrogen (secondary N) is 2. The van der Waals surface area contributed by atoms with Crippen LogP contribution in [0.4, 0.5) is 0 Å². The summed E-state index contributed by atoms with van der Waals surface area (Å²) in [6, 6.07) is 15.2. The quantitative estimate of drug-likeness (QED) is 0.725. The Morgan fingerprint density at radius 3 is 2.19 bits per heavy atom. The van der Waals surface area contributed by atoms with Gasteiger partial charge in [-0.25, -0.2) is 0 Å². The SMILES string of the molecule is Cc1ccc(CNC(=O)c2cccc(CNC(=O)C(C)(C)N)c2)cc1.Cl. The predicted molar refractivity (Wildman–Crippen MR) is 106 cm³/mol. The summed E-state index contributed by atoms with van der Waals surface area (Å²) in [5.41, 5.74) is 8.46. The van der Waals surface area contributed by atoms with Crippen LogP contribution in [0.5, 0.6) is 0 Å². The molecule has 0 spiro atoms. The Kier molecular flexibility index (Phi) is 7.80. The minimum Gasteiger partial charge on any atom is -0.350 e. The van der Waals surface area contributed by atoms with E-state index in [0.29, 0.717) is 18.7 Å². The monoisotopic (exact) mass is 375 g/mol. The molecule has 0 aliphatic heterocycles. The average molecular weight is 376 g/mol. The number of amides is 2. The third-order valence-corrected chi connectivity index (χ3v) is 3.80. The number of rotatable bonds is 6. The van der Waals surface area contributed by atoms with Crippen LogP contribution >= 0.6 is 12.4 Å². The van der Waals surface area contributed by atoms with Gasteiger partial charge in [-0.05, 0) is 44.0 Å². The number of benzene rings is 2. The maximum absolute atomic E-state index is 12.3. The van der Waals surface area contributed by atoms with Gasteiger partial charge in [0.05, 0.1) is 5.54 Å². The minimum absolute atomic E-state index is 0. The number of aryl methyl sites for hydroxylation is 1. The standard InChI is InChI=1S/C20H25N3O2.ClH/c1-14-7-9-15(10-8-14)12-22-18(24)17-6-4-5-16(11-17)13-23-19(25)20(2,3)21;/h4-11H,12-13,21H2,1-3H3,(H,22,24)(H,23,25);1H. The van der Waals surface area contributed by atoms with Gasteiger partial charge >= 0.3 is 0 Å². The molecule has 140 valence electrons. The van der Waals surface area contributed by atoms with E-state index in [1.807, 2.05) is 37.3 Å². The van der Waals surface area contributed by atoms with Gasteiger partial charge < -0.3 is 16.4 Å². The lowest BCUT2D eigenvalue weighted by Crippen LogP contribution is -2.48. The van der Waals surface area contributed by atoms with Gasteiger partial charge in [0.2, 0.25) is 5.91 Å². The molecule has 2 amide bonds. The highest BCUT2D eigenvalue weighted by Crippen LogP contribution is 2.08. The molecule has 0 atom stereocenters. The fourth-order valence-corrected chi connectivity index (χ4v) is 2.22. The van der Waals surface area contributed by atoms with Crippen molar-refractivity contribution in [3.63, 3.8) is 0 Å². The van der Waals surface area contributed by atoms with E-state index in [9.17, 15) is 9.59 Å². The fraction of sp³-hybridized carbons (Fsp3) is 0.300. The molecule has 2 rings (SSSR count). The van der Waals surface area contributed by atoms with Crippen molar-refractivity contribution < 1.29 is 9.59 Å².